The largest absolute Gasteiger partial charge is 0.299 e. The van der Waals surface area contributed by atoms with Gasteiger partial charge in [0.2, 0.25) is 0 Å². The maximum atomic E-state index is 11.5. The molecule has 0 rings (SSSR count). The van der Waals surface area contributed by atoms with Crippen LogP contribution in [0.4, 0.5) is 0 Å². The monoisotopic (exact) mass is 248 g/mol. The molecule has 0 bridgehead atoms. The van der Waals surface area contributed by atoms with E-state index >= 15 is 0 Å². The summed E-state index contributed by atoms with van der Waals surface area (Å²) in [7, 11) is -1.77. The zero-order chi connectivity index (χ0) is 12.8. The third-order valence-electron chi connectivity index (χ3n) is 1.71. The van der Waals surface area contributed by atoms with E-state index in [4.69, 9.17) is 10.8 Å². The normalized spacial score (nSPS) is 12.8. The Morgan fingerprint density at radius 3 is 2.38 bits per heavy atom. The molecule has 0 spiro atoms. The van der Waals surface area contributed by atoms with Crippen LogP contribution in [0.5, 0.6) is 0 Å². The second-order valence-electron chi connectivity index (χ2n) is 4.96. The molecule has 0 aromatic rings. The highest BCUT2D eigenvalue weighted by Crippen LogP contribution is 2.14. The molecule has 5 nitrogen and oxygen atoms in total. The molecule has 0 atom stereocenters. The molecule has 0 unspecified atom stereocenters. The van der Waals surface area contributed by atoms with Gasteiger partial charge in [-0.3, -0.25) is 9.03 Å². The number of hydrogen-bond donors (Lipinski definition) is 0. The topological polar surface area (TPSA) is 51.0 Å². The van der Waals surface area contributed by atoms with Crippen LogP contribution < -0.4 is 0 Å². The van der Waals surface area contributed by atoms with E-state index in [9.17, 15) is 8.42 Å². The van der Waals surface area contributed by atoms with Crippen molar-refractivity contribution >= 4 is 10.1 Å². The van der Waals surface area contributed by atoms with Gasteiger partial charge in [0, 0.05) is 6.54 Å². The van der Waals surface area contributed by atoms with Crippen molar-refractivity contribution in [2.45, 2.75) is 20.8 Å². The molecular formula is C10H20N2O3S. The van der Waals surface area contributed by atoms with Gasteiger partial charge in [0.15, 0.2) is 0 Å². The van der Waals surface area contributed by atoms with E-state index in [1.807, 2.05) is 20.8 Å². The van der Waals surface area contributed by atoms with Gasteiger partial charge in [-0.05, 0) is 12.5 Å². The van der Waals surface area contributed by atoms with Crippen LogP contribution in [-0.4, -0.2) is 45.9 Å². The Balaban J connectivity index is 4.03. The summed E-state index contributed by atoms with van der Waals surface area (Å²) in [6.07, 6.45) is 0. The number of nitrogens with zero attached hydrogens (tertiary/aromatic N) is 2. The third kappa shape index (κ3) is 8.65. The lowest BCUT2D eigenvalue weighted by atomic mass is 9.99. The van der Waals surface area contributed by atoms with Gasteiger partial charge in [-0.2, -0.15) is 8.42 Å². The Bertz CT molecular complexity index is 338. The molecule has 0 saturated heterocycles. The lowest BCUT2D eigenvalue weighted by Gasteiger charge is -2.18. The van der Waals surface area contributed by atoms with Crippen LogP contribution in [0.15, 0.2) is 0 Å². The van der Waals surface area contributed by atoms with E-state index in [0.717, 1.165) is 0 Å². The van der Waals surface area contributed by atoms with Gasteiger partial charge in [0.25, 0.3) is 16.8 Å². The molecule has 0 aliphatic rings. The van der Waals surface area contributed by atoms with Gasteiger partial charge in [-0.25, -0.2) is 11.5 Å². The first-order valence-electron chi connectivity index (χ1n) is 5.05. The Kier molecular flexibility index (Phi) is 5.94. The number of hydrogen-bond acceptors (Lipinski definition) is 4. The molecule has 16 heavy (non-hydrogen) atoms. The second kappa shape index (κ2) is 6.18. The number of rotatable bonds is 6. The molecule has 0 aromatic heterocycles. The van der Waals surface area contributed by atoms with Crippen LogP contribution in [0, 0.1) is 12.0 Å². The summed E-state index contributed by atoms with van der Waals surface area (Å²) in [5.41, 5.74) is -0.171. The lowest BCUT2D eigenvalue weighted by molar-refractivity contribution is 0.202. The summed E-state index contributed by atoms with van der Waals surface area (Å²) in [5, 5.41) is 0. The molecule has 0 aliphatic heterocycles. The van der Waals surface area contributed by atoms with E-state index in [-0.39, 0.29) is 24.4 Å². The van der Waals surface area contributed by atoms with Gasteiger partial charge in [-0.15, -0.1) is 0 Å². The average Bonchev–Trinajstić information content (AvgIpc) is 2.12. The smallest absolute Gasteiger partial charge is 0.270 e. The van der Waals surface area contributed by atoms with Crippen molar-refractivity contribution in [1.82, 2.24) is 4.90 Å². The minimum Gasteiger partial charge on any atom is -0.299 e. The first-order valence-corrected chi connectivity index (χ1v) is 6.63. The summed E-state index contributed by atoms with van der Waals surface area (Å²) in [6.45, 7) is 13.1. The maximum absolute atomic E-state index is 11.5. The minimum absolute atomic E-state index is 0.0743. The van der Waals surface area contributed by atoms with E-state index in [2.05, 4.69) is 4.85 Å². The van der Waals surface area contributed by atoms with Crippen LogP contribution in [0.2, 0.25) is 0 Å². The molecule has 0 radical (unpaired) electrons. The van der Waals surface area contributed by atoms with E-state index in [0.29, 0.717) is 6.54 Å². The molecule has 0 fully saturated rings. The predicted octanol–water partition coefficient (Wildman–Crippen LogP) is 1.19. The molecule has 0 aromatic carbocycles. The molecule has 94 valence electrons. The van der Waals surface area contributed by atoms with Crippen molar-refractivity contribution in [3.8, 4) is 0 Å². The van der Waals surface area contributed by atoms with Gasteiger partial charge in [0.05, 0.1) is 12.4 Å². The summed E-state index contributed by atoms with van der Waals surface area (Å²) in [5.74, 6) is -0.0743. The van der Waals surface area contributed by atoms with Gasteiger partial charge in [-0.1, -0.05) is 20.8 Å². The van der Waals surface area contributed by atoms with Crippen molar-refractivity contribution in [3.05, 3.63) is 11.4 Å². The lowest BCUT2D eigenvalue weighted by Crippen LogP contribution is -2.28. The first kappa shape index (κ1) is 15.4. The van der Waals surface area contributed by atoms with E-state index < -0.39 is 10.1 Å². The van der Waals surface area contributed by atoms with E-state index in [1.54, 1.807) is 11.9 Å². The van der Waals surface area contributed by atoms with Crippen molar-refractivity contribution in [3.63, 3.8) is 0 Å². The fourth-order valence-corrected chi connectivity index (χ4v) is 1.97. The van der Waals surface area contributed by atoms with Crippen molar-refractivity contribution in [1.29, 1.82) is 0 Å². The Morgan fingerprint density at radius 2 is 1.94 bits per heavy atom. The summed E-state index contributed by atoms with van der Waals surface area (Å²) >= 11 is 0. The average molecular weight is 248 g/mol. The quantitative estimate of drug-likeness (QED) is 0.523. The van der Waals surface area contributed by atoms with Crippen molar-refractivity contribution in [2.24, 2.45) is 5.41 Å². The summed E-state index contributed by atoms with van der Waals surface area (Å²) in [6, 6.07) is 0. The van der Waals surface area contributed by atoms with Crippen LogP contribution in [0.25, 0.3) is 4.85 Å². The molecule has 0 N–H and O–H groups in total. The molecule has 0 heterocycles. The highest BCUT2D eigenvalue weighted by Gasteiger charge is 2.18. The SMILES string of the molecule is [C-]#[N+]CN(C)CCS(=O)(=O)OCC(C)(C)C. The van der Waals surface area contributed by atoms with E-state index in [1.165, 1.54) is 0 Å². The molecule has 0 saturated carbocycles. The van der Waals surface area contributed by atoms with Crippen LogP contribution in [-0.2, 0) is 14.3 Å². The molecule has 0 amide bonds. The highest BCUT2D eigenvalue weighted by molar-refractivity contribution is 7.86. The van der Waals surface area contributed by atoms with Gasteiger partial charge >= 0.3 is 0 Å². The Morgan fingerprint density at radius 1 is 1.38 bits per heavy atom. The predicted molar refractivity (Wildman–Crippen MR) is 63.3 cm³/mol. The molecule has 0 aliphatic carbocycles. The summed E-state index contributed by atoms with van der Waals surface area (Å²) in [4.78, 5) is 4.81. The van der Waals surface area contributed by atoms with Crippen LogP contribution in [0.3, 0.4) is 0 Å². The minimum atomic E-state index is -3.47. The summed E-state index contributed by atoms with van der Waals surface area (Å²) < 4.78 is 27.8. The Hall–Kier alpha value is -0.640. The Labute approximate surface area is 98.3 Å². The fraction of sp³-hybridized carbons (Fsp3) is 0.900. The molecular weight excluding hydrogens is 228 g/mol. The second-order valence-corrected chi connectivity index (χ2v) is 6.72. The fourth-order valence-electron chi connectivity index (χ4n) is 0.785. The molecule has 6 heteroatoms. The van der Waals surface area contributed by atoms with Crippen LogP contribution >= 0.6 is 0 Å². The van der Waals surface area contributed by atoms with Crippen molar-refractivity contribution in [2.75, 3.05) is 32.6 Å². The van der Waals surface area contributed by atoms with Gasteiger partial charge < -0.3 is 0 Å². The van der Waals surface area contributed by atoms with Crippen LogP contribution in [0.1, 0.15) is 20.8 Å². The van der Waals surface area contributed by atoms with Crippen molar-refractivity contribution < 1.29 is 12.6 Å². The standard InChI is InChI=1S/C10H20N2O3S/c1-10(2,3)8-15-16(13,14)7-6-12(5)9-11-4/h6-9H2,1-3,5H3. The van der Waals surface area contributed by atoms with Gasteiger partial charge in [0.1, 0.15) is 0 Å². The highest BCUT2D eigenvalue weighted by atomic mass is 32.2. The zero-order valence-electron chi connectivity index (χ0n) is 10.4. The third-order valence-corrected chi connectivity index (χ3v) is 2.87. The maximum Gasteiger partial charge on any atom is 0.270 e. The zero-order valence-corrected chi connectivity index (χ0v) is 11.2. The first-order chi connectivity index (χ1) is 7.16.